The van der Waals surface area contributed by atoms with Crippen LogP contribution < -0.4 is 0 Å². The summed E-state index contributed by atoms with van der Waals surface area (Å²) in [4.78, 5) is 13.9. The van der Waals surface area contributed by atoms with E-state index in [0.717, 1.165) is 50.2 Å². The zero-order valence-corrected chi connectivity index (χ0v) is 17.6. The summed E-state index contributed by atoms with van der Waals surface area (Å²) in [6.07, 6.45) is 11.7. The maximum absolute atomic E-state index is 4.63. The molecule has 0 bridgehead atoms. The van der Waals surface area contributed by atoms with Crippen LogP contribution in [0.15, 0.2) is 110 Å². The maximum Gasteiger partial charge on any atom is 0.144 e. The second kappa shape index (κ2) is 6.90. The van der Waals surface area contributed by atoms with Gasteiger partial charge in [-0.25, -0.2) is 15.0 Å². The highest BCUT2D eigenvalue weighted by Gasteiger charge is 2.13. The lowest BCUT2D eigenvalue weighted by Gasteiger charge is -2.14. The van der Waals surface area contributed by atoms with E-state index in [0.29, 0.717) is 0 Å². The van der Waals surface area contributed by atoms with Crippen molar-refractivity contribution in [1.29, 1.82) is 0 Å². The van der Waals surface area contributed by atoms with E-state index in [1.54, 1.807) is 0 Å². The minimum Gasteiger partial charge on any atom is -0.301 e. The van der Waals surface area contributed by atoms with Crippen molar-refractivity contribution in [3.05, 3.63) is 110 Å². The van der Waals surface area contributed by atoms with Gasteiger partial charge in [0.05, 0.1) is 17.1 Å². The van der Waals surface area contributed by atoms with Gasteiger partial charge in [-0.3, -0.25) is 0 Å². The highest BCUT2D eigenvalue weighted by Crippen LogP contribution is 2.28. The SMILES string of the molecule is c1cnc2c(c1)ccn2-c1cc(-n2ccc3cccnc32)cc(-n2ccc3cccnc32)c1. The van der Waals surface area contributed by atoms with E-state index >= 15 is 0 Å². The molecule has 6 aromatic heterocycles. The Kier molecular flexibility index (Phi) is 3.75. The van der Waals surface area contributed by atoms with Gasteiger partial charge in [0.1, 0.15) is 16.9 Å². The topological polar surface area (TPSA) is 53.5 Å². The van der Waals surface area contributed by atoms with Crippen LogP contribution >= 0.6 is 0 Å². The monoisotopic (exact) mass is 426 g/mol. The van der Waals surface area contributed by atoms with E-state index in [2.05, 4.69) is 102 Å². The average molecular weight is 426 g/mol. The second-order valence-corrected chi connectivity index (χ2v) is 8.01. The molecule has 0 aliphatic heterocycles. The van der Waals surface area contributed by atoms with Crippen molar-refractivity contribution in [2.45, 2.75) is 0 Å². The summed E-state index contributed by atoms with van der Waals surface area (Å²) in [6.45, 7) is 0. The fourth-order valence-electron chi connectivity index (χ4n) is 4.52. The first-order valence-corrected chi connectivity index (χ1v) is 10.8. The molecule has 7 rings (SSSR count). The van der Waals surface area contributed by atoms with Crippen LogP contribution in [0.2, 0.25) is 0 Å². The summed E-state index contributed by atoms with van der Waals surface area (Å²) < 4.78 is 6.38. The van der Waals surface area contributed by atoms with Gasteiger partial charge in [0.15, 0.2) is 0 Å². The highest BCUT2D eigenvalue weighted by atomic mass is 15.1. The summed E-state index contributed by atoms with van der Waals surface area (Å²) >= 11 is 0. The van der Waals surface area contributed by atoms with E-state index in [9.17, 15) is 0 Å². The van der Waals surface area contributed by atoms with E-state index in [1.807, 2.05) is 36.8 Å². The molecule has 33 heavy (non-hydrogen) atoms. The quantitative estimate of drug-likeness (QED) is 0.364. The van der Waals surface area contributed by atoms with Gasteiger partial charge in [-0.1, -0.05) is 0 Å². The fraction of sp³-hybridized carbons (Fsp3) is 0. The van der Waals surface area contributed by atoms with Gasteiger partial charge in [-0.05, 0) is 72.8 Å². The molecule has 6 heterocycles. The maximum atomic E-state index is 4.63. The summed E-state index contributed by atoms with van der Waals surface area (Å²) in [6, 6.07) is 24.9. The van der Waals surface area contributed by atoms with Crippen molar-refractivity contribution in [2.24, 2.45) is 0 Å². The minimum absolute atomic E-state index is 0.923. The number of nitrogens with zero attached hydrogens (tertiary/aromatic N) is 6. The molecule has 0 amide bonds. The molecule has 0 N–H and O–H groups in total. The van der Waals surface area contributed by atoms with Crippen LogP contribution in [-0.4, -0.2) is 28.7 Å². The van der Waals surface area contributed by atoms with E-state index in [4.69, 9.17) is 0 Å². The molecule has 0 spiro atoms. The molecule has 0 aliphatic rings. The van der Waals surface area contributed by atoms with Crippen LogP contribution in [0, 0.1) is 0 Å². The number of benzene rings is 1. The molecule has 0 radical (unpaired) electrons. The fourth-order valence-corrected chi connectivity index (χ4v) is 4.52. The van der Waals surface area contributed by atoms with Crippen LogP contribution in [0.25, 0.3) is 50.2 Å². The largest absolute Gasteiger partial charge is 0.301 e. The minimum atomic E-state index is 0.923. The molecule has 0 unspecified atom stereocenters. The normalized spacial score (nSPS) is 11.6. The van der Waals surface area contributed by atoms with Crippen LogP contribution in [-0.2, 0) is 0 Å². The number of hydrogen-bond donors (Lipinski definition) is 0. The Morgan fingerprint density at radius 2 is 0.758 bits per heavy atom. The Balaban J connectivity index is 1.52. The Bertz CT molecular complexity index is 1560. The molecule has 0 atom stereocenters. The van der Waals surface area contributed by atoms with Crippen molar-refractivity contribution in [1.82, 2.24) is 28.7 Å². The van der Waals surface area contributed by atoms with Crippen LogP contribution in [0.3, 0.4) is 0 Å². The predicted octanol–water partition coefficient (Wildman–Crippen LogP) is 5.70. The third kappa shape index (κ3) is 2.78. The van der Waals surface area contributed by atoms with Crippen LogP contribution in [0.4, 0.5) is 0 Å². The van der Waals surface area contributed by atoms with E-state index in [1.165, 1.54) is 0 Å². The third-order valence-corrected chi connectivity index (χ3v) is 6.07. The van der Waals surface area contributed by atoms with Crippen molar-refractivity contribution >= 4 is 33.1 Å². The first-order chi connectivity index (χ1) is 16.3. The molecule has 0 saturated heterocycles. The predicted molar refractivity (Wildman–Crippen MR) is 130 cm³/mol. The number of aromatic nitrogens is 6. The molecule has 1 aromatic carbocycles. The summed E-state index contributed by atoms with van der Waals surface area (Å²) in [5.41, 5.74) is 5.83. The number of rotatable bonds is 3. The van der Waals surface area contributed by atoms with E-state index < -0.39 is 0 Å². The van der Waals surface area contributed by atoms with Crippen molar-refractivity contribution < 1.29 is 0 Å². The Morgan fingerprint density at radius 3 is 1.09 bits per heavy atom. The zero-order valence-electron chi connectivity index (χ0n) is 17.6. The standard InChI is InChI=1S/C27H18N6/c1-4-19-7-13-31(25(19)28-10-1)22-16-23(32-14-8-20-5-2-11-29-26(20)32)18-24(17-22)33-15-9-21-6-3-12-30-27(21)33/h1-18H. The summed E-state index contributed by atoms with van der Waals surface area (Å²) in [5.74, 6) is 0. The third-order valence-electron chi connectivity index (χ3n) is 6.07. The lowest BCUT2D eigenvalue weighted by molar-refractivity contribution is 1.03. The van der Waals surface area contributed by atoms with Crippen molar-refractivity contribution in [3.63, 3.8) is 0 Å². The van der Waals surface area contributed by atoms with Gasteiger partial charge < -0.3 is 13.7 Å². The van der Waals surface area contributed by atoms with Gasteiger partial charge in [0, 0.05) is 53.3 Å². The van der Waals surface area contributed by atoms with E-state index in [-0.39, 0.29) is 0 Å². The van der Waals surface area contributed by atoms with Crippen molar-refractivity contribution in [3.8, 4) is 17.1 Å². The first kappa shape index (κ1) is 17.9. The van der Waals surface area contributed by atoms with Gasteiger partial charge >= 0.3 is 0 Å². The lowest BCUT2D eigenvalue weighted by Crippen LogP contribution is -2.02. The summed E-state index contributed by atoms with van der Waals surface area (Å²) in [5, 5.41) is 3.31. The number of fused-ring (bicyclic) bond motifs is 3. The number of pyridine rings is 3. The van der Waals surface area contributed by atoms with Gasteiger partial charge in [0.2, 0.25) is 0 Å². The molecule has 0 saturated carbocycles. The summed E-state index contributed by atoms with van der Waals surface area (Å²) in [7, 11) is 0. The highest BCUT2D eigenvalue weighted by molar-refractivity contribution is 5.81. The Morgan fingerprint density at radius 1 is 0.424 bits per heavy atom. The molecule has 0 fully saturated rings. The van der Waals surface area contributed by atoms with Crippen molar-refractivity contribution in [2.75, 3.05) is 0 Å². The van der Waals surface area contributed by atoms with Crippen LogP contribution in [0.1, 0.15) is 0 Å². The van der Waals surface area contributed by atoms with Crippen LogP contribution in [0.5, 0.6) is 0 Å². The van der Waals surface area contributed by atoms with Gasteiger partial charge in [-0.15, -0.1) is 0 Å². The zero-order chi connectivity index (χ0) is 21.8. The first-order valence-electron chi connectivity index (χ1n) is 10.8. The molecule has 6 nitrogen and oxygen atoms in total. The molecular weight excluding hydrogens is 408 g/mol. The lowest BCUT2D eigenvalue weighted by atomic mass is 10.2. The molecule has 7 aromatic rings. The second-order valence-electron chi connectivity index (χ2n) is 8.01. The average Bonchev–Trinajstić information content (AvgIpc) is 3.60. The molecule has 0 aliphatic carbocycles. The number of hydrogen-bond acceptors (Lipinski definition) is 3. The molecule has 6 heteroatoms. The Hall–Kier alpha value is -4.71. The Labute approximate surface area is 189 Å². The smallest absolute Gasteiger partial charge is 0.144 e. The van der Waals surface area contributed by atoms with Gasteiger partial charge in [0.25, 0.3) is 0 Å². The molecule has 156 valence electrons. The van der Waals surface area contributed by atoms with Gasteiger partial charge in [-0.2, -0.15) is 0 Å². The molecular formula is C27H18N6.